The second-order valence-electron chi connectivity index (χ2n) is 6.76. The molecule has 0 saturated carbocycles. The summed E-state index contributed by atoms with van der Waals surface area (Å²) in [4.78, 5) is 36.0. The summed E-state index contributed by atoms with van der Waals surface area (Å²) < 4.78 is 0. The number of rotatable bonds is 4. The maximum absolute atomic E-state index is 12.6. The Kier molecular flexibility index (Phi) is 4.29. The standard InChI is InChI=1S/C18H23N5O2/c24-17(8-7-16-20-14-5-1-2-6-15(14)21-16)22-10-3-4-13(12-22)23-11-9-19-18(23)25/h1-2,5-6,13H,3-4,7-12H2,(H,19,25)(H,20,21)/t13-/m1/s1. The molecule has 25 heavy (non-hydrogen) atoms. The minimum atomic E-state index is 0.00146. The second kappa shape index (κ2) is 6.74. The van der Waals surface area contributed by atoms with Crippen molar-refractivity contribution >= 4 is 23.0 Å². The Hall–Kier alpha value is -2.57. The van der Waals surface area contributed by atoms with Crippen LogP contribution in [0.15, 0.2) is 24.3 Å². The van der Waals surface area contributed by atoms with Crippen LogP contribution in [-0.4, -0.2) is 63.9 Å². The molecule has 2 aromatic rings. The van der Waals surface area contributed by atoms with Crippen molar-refractivity contribution in [1.29, 1.82) is 0 Å². The molecule has 2 aliphatic rings. The highest BCUT2D eigenvalue weighted by atomic mass is 16.2. The number of aromatic amines is 1. The summed E-state index contributed by atoms with van der Waals surface area (Å²) in [5, 5.41) is 2.84. The highest BCUT2D eigenvalue weighted by Gasteiger charge is 2.32. The first-order valence-electron chi connectivity index (χ1n) is 8.96. The lowest BCUT2D eigenvalue weighted by molar-refractivity contribution is -0.133. The third-order valence-electron chi connectivity index (χ3n) is 5.09. The van der Waals surface area contributed by atoms with E-state index in [0.29, 0.717) is 25.9 Å². The number of likely N-dealkylation sites (tertiary alicyclic amines) is 1. The van der Waals surface area contributed by atoms with Crippen molar-refractivity contribution in [3.63, 3.8) is 0 Å². The summed E-state index contributed by atoms with van der Waals surface area (Å²) in [5.41, 5.74) is 1.94. The van der Waals surface area contributed by atoms with Gasteiger partial charge in [0, 0.05) is 39.0 Å². The molecule has 3 heterocycles. The van der Waals surface area contributed by atoms with E-state index in [1.165, 1.54) is 0 Å². The van der Waals surface area contributed by atoms with Gasteiger partial charge in [0.05, 0.1) is 17.1 Å². The van der Waals surface area contributed by atoms with Crippen LogP contribution in [0.25, 0.3) is 11.0 Å². The van der Waals surface area contributed by atoms with Crippen LogP contribution in [0, 0.1) is 0 Å². The first kappa shape index (κ1) is 15.9. The molecule has 1 aromatic heterocycles. The fraction of sp³-hybridized carbons (Fsp3) is 0.500. The van der Waals surface area contributed by atoms with Gasteiger partial charge in [0.15, 0.2) is 0 Å². The van der Waals surface area contributed by atoms with Crippen LogP contribution in [0.3, 0.4) is 0 Å². The smallest absolute Gasteiger partial charge is 0.317 e. The Balaban J connectivity index is 1.34. The highest BCUT2D eigenvalue weighted by Crippen LogP contribution is 2.19. The van der Waals surface area contributed by atoms with Gasteiger partial charge in [0.1, 0.15) is 5.82 Å². The molecule has 3 amide bonds. The Morgan fingerprint density at radius 2 is 2.16 bits per heavy atom. The van der Waals surface area contributed by atoms with E-state index in [2.05, 4.69) is 15.3 Å². The molecule has 0 bridgehead atoms. The molecule has 7 heteroatoms. The molecule has 2 saturated heterocycles. The van der Waals surface area contributed by atoms with Crippen molar-refractivity contribution < 1.29 is 9.59 Å². The molecule has 132 valence electrons. The number of benzene rings is 1. The summed E-state index contributed by atoms with van der Waals surface area (Å²) in [6.07, 6.45) is 2.98. The third kappa shape index (κ3) is 3.31. The average Bonchev–Trinajstić information content (AvgIpc) is 3.25. The number of carbonyl (C=O) groups excluding carboxylic acids is 2. The molecule has 2 fully saturated rings. The van der Waals surface area contributed by atoms with Crippen molar-refractivity contribution in [2.75, 3.05) is 26.2 Å². The fourth-order valence-electron chi connectivity index (χ4n) is 3.78. The second-order valence-corrected chi connectivity index (χ2v) is 6.76. The van der Waals surface area contributed by atoms with Gasteiger partial charge in [0.2, 0.25) is 5.91 Å². The van der Waals surface area contributed by atoms with E-state index in [1.807, 2.05) is 34.1 Å². The van der Waals surface area contributed by atoms with Crippen LogP contribution >= 0.6 is 0 Å². The van der Waals surface area contributed by atoms with Gasteiger partial charge < -0.3 is 20.1 Å². The number of H-pyrrole nitrogens is 1. The lowest BCUT2D eigenvalue weighted by Crippen LogP contribution is -2.50. The van der Waals surface area contributed by atoms with E-state index in [4.69, 9.17) is 0 Å². The van der Waals surface area contributed by atoms with Crippen molar-refractivity contribution in [3.05, 3.63) is 30.1 Å². The Labute approximate surface area is 146 Å². The SMILES string of the molecule is O=C(CCc1nc2ccccc2[nH]1)N1CCC[C@@H](N2CCNC2=O)C1. The molecule has 7 nitrogen and oxygen atoms in total. The normalized spacial score (nSPS) is 21.0. The Morgan fingerprint density at radius 3 is 2.96 bits per heavy atom. The van der Waals surface area contributed by atoms with Crippen molar-refractivity contribution in [3.8, 4) is 0 Å². The molecular weight excluding hydrogens is 318 g/mol. The van der Waals surface area contributed by atoms with E-state index < -0.39 is 0 Å². The number of imidazole rings is 1. The van der Waals surface area contributed by atoms with Crippen LogP contribution in [0.5, 0.6) is 0 Å². The number of nitrogens with one attached hydrogen (secondary N) is 2. The number of hydrogen-bond donors (Lipinski definition) is 2. The van der Waals surface area contributed by atoms with Crippen LogP contribution in [0.2, 0.25) is 0 Å². The summed E-state index contributed by atoms with van der Waals surface area (Å²) in [6.45, 7) is 2.87. The van der Waals surface area contributed by atoms with E-state index in [0.717, 1.165) is 42.8 Å². The minimum Gasteiger partial charge on any atom is -0.342 e. The lowest BCUT2D eigenvalue weighted by Gasteiger charge is -2.37. The highest BCUT2D eigenvalue weighted by molar-refractivity contribution is 5.78. The number of fused-ring (bicyclic) bond motifs is 1. The number of nitrogens with zero attached hydrogens (tertiary/aromatic N) is 3. The van der Waals surface area contributed by atoms with Crippen LogP contribution < -0.4 is 5.32 Å². The molecule has 0 spiro atoms. The van der Waals surface area contributed by atoms with Crippen molar-refractivity contribution in [2.45, 2.75) is 31.7 Å². The van der Waals surface area contributed by atoms with E-state index in [-0.39, 0.29) is 18.0 Å². The van der Waals surface area contributed by atoms with E-state index in [1.54, 1.807) is 0 Å². The first-order valence-corrected chi connectivity index (χ1v) is 8.96. The molecule has 1 atom stereocenters. The number of hydrogen-bond acceptors (Lipinski definition) is 3. The zero-order chi connectivity index (χ0) is 17.2. The number of para-hydroxylation sites is 2. The topological polar surface area (TPSA) is 81.3 Å². The number of urea groups is 1. The molecule has 0 radical (unpaired) electrons. The number of aromatic nitrogens is 2. The van der Waals surface area contributed by atoms with E-state index >= 15 is 0 Å². The van der Waals surface area contributed by atoms with Gasteiger partial charge in [-0.15, -0.1) is 0 Å². The van der Waals surface area contributed by atoms with Gasteiger partial charge >= 0.3 is 6.03 Å². The lowest BCUT2D eigenvalue weighted by atomic mass is 10.0. The fourth-order valence-corrected chi connectivity index (χ4v) is 3.78. The molecular formula is C18H23N5O2. The summed E-state index contributed by atoms with van der Waals surface area (Å²) in [7, 11) is 0. The monoisotopic (exact) mass is 341 g/mol. The zero-order valence-electron chi connectivity index (χ0n) is 14.2. The number of aryl methyl sites for hydroxylation is 1. The molecule has 2 N–H and O–H groups in total. The summed E-state index contributed by atoms with van der Waals surface area (Å²) in [5.74, 6) is 0.992. The zero-order valence-corrected chi connectivity index (χ0v) is 14.2. The predicted octanol–water partition coefficient (Wildman–Crippen LogP) is 1.51. The van der Waals surface area contributed by atoms with Crippen molar-refractivity contribution in [1.82, 2.24) is 25.1 Å². The number of piperidine rings is 1. The van der Waals surface area contributed by atoms with Crippen LogP contribution in [0.1, 0.15) is 25.1 Å². The van der Waals surface area contributed by atoms with Gasteiger partial charge in [0.25, 0.3) is 0 Å². The Morgan fingerprint density at radius 1 is 1.28 bits per heavy atom. The summed E-state index contributed by atoms with van der Waals surface area (Å²) in [6, 6.07) is 8.03. The van der Waals surface area contributed by atoms with Gasteiger partial charge in [-0.2, -0.15) is 0 Å². The molecule has 4 rings (SSSR count). The minimum absolute atomic E-state index is 0.00146. The molecule has 2 aliphatic heterocycles. The molecule has 1 aromatic carbocycles. The quantitative estimate of drug-likeness (QED) is 0.884. The first-order chi connectivity index (χ1) is 12.2. The van der Waals surface area contributed by atoms with Gasteiger partial charge in [-0.05, 0) is 25.0 Å². The largest absolute Gasteiger partial charge is 0.342 e. The Bertz CT molecular complexity index is 754. The molecule has 0 unspecified atom stereocenters. The maximum atomic E-state index is 12.6. The average molecular weight is 341 g/mol. The van der Waals surface area contributed by atoms with Crippen LogP contribution in [0.4, 0.5) is 4.79 Å². The number of amides is 3. The predicted molar refractivity (Wildman–Crippen MR) is 94.1 cm³/mol. The van der Waals surface area contributed by atoms with Gasteiger partial charge in [-0.3, -0.25) is 4.79 Å². The number of carbonyl (C=O) groups is 2. The molecule has 0 aliphatic carbocycles. The van der Waals surface area contributed by atoms with E-state index in [9.17, 15) is 9.59 Å². The third-order valence-corrected chi connectivity index (χ3v) is 5.09. The van der Waals surface area contributed by atoms with Crippen molar-refractivity contribution in [2.24, 2.45) is 0 Å². The van der Waals surface area contributed by atoms with Gasteiger partial charge in [-0.25, -0.2) is 9.78 Å². The van der Waals surface area contributed by atoms with Crippen LogP contribution in [-0.2, 0) is 11.2 Å². The van der Waals surface area contributed by atoms with Gasteiger partial charge in [-0.1, -0.05) is 12.1 Å². The maximum Gasteiger partial charge on any atom is 0.317 e. The summed E-state index contributed by atoms with van der Waals surface area (Å²) >= 11 is 0.